The minimum absolute atomic E-state index is 0.189. The van der Waals surface area contributed by atoms with Crippen LogP contribution in [0, 0.1) is 11.7 Å². The van der Waals surface area contributed by atoms with Crippen LogP contribution in [0.5, 0.6) is 0 Å². The molecule has 3 aliphatic heterocycles. The van der Waals surface area contributed by atoms with Gasteiger partial charge in [-0.15, -0.1) is 0 Å². The maximum atomic E-state index is 14.2. The number of nitrogens with zero attached hydrogens (tertiary/aromatic N) is 2. The lowest BCUT2D eigenvalue weighted by Gasteiger charge is -2.50. The van der Waals surface area contributed by atoms with Crippen LogP contribution in [0.2, 0.25) is 0 Å². The largest absolute Gasteiger partial charge is 0.365 e. The van der Waals surface area contributed by atoms with Gasteiger partial charge >= 0.3 is 0 Å². The first kappa shape index (κ1) is 16.5. The molecule has 1 aromatic heterocycles. The summed E-state index contributed by atoms with van der Waals surface area (Å²) in [5, 5.41) is 3.63. The quantitative estimate of drug-likeness (QED) is 0.898. The van der Waals surface area contributed by atoms with Gasteiger partial charge in [0.1, 0.15) is 11.6 Å². The summed E-state index contributed by atoms with van der Waals surface area (Å²) in [7, 11) is 0. The first-order valence-electron chi connectivity index (χ1n) is 9.41. The molecule has 0 radical (unpaired) electrons. The Morgan fingerprint density at radius 3 is 2.64 bits per heavy atom. The molecular formula is C21H26FN3. The van der Waals surface area contributed by atoms with Crippen molar-refractivity contribution >= 4 is 5.82 Å². The molecule has 2 unspecified atom stereocenters. The van der Waals surface area contributed by atoms with E-state index in [-0.39, 0.29) is 5.82 Å². The van der Waals surface area contributed by atoms with Crippen molar-refractivity contribution in [1.29, 1.82) is 0 Å². The van der Waals surface area contributed by atoms with Crippen molar-refractivity contribution < 1.29 is 4.39 Å². The van der Waals surface area contributed by atoms with Crippen LogP contribution in [0.3, 0.4) is 0 Å². The topological polar surface area (TPSA) is 28.2 Å². The number of hydrogen-bond donors (Lipinski definition) is 1. The van der Waals surface area contributed by atoms with Gasteiger partial charge in [0.05, 0.1) is 0 Å². The number of anilines is 1. The number of rotatable bonds is 4. The van der Waals surface area contributed by atoms with Gasteiger partial charge in [0.15, 0.2) is 0 Å². The van der Waals surface area contributed by atoms with Crippen molar-refractivity contribution in [2.75, 3.05) is 18.4 Å². The minimum atomic E-state index is -0.189. The molecule has 1 N–H and O–H groups in total. The molecule has 2 bridgehead atoms. The van der Waals surface area contributed by atoms with Crippen molar-refractivity contribution in [3.63, 3.8) is 0 Å². The van der Waals surface area contributed by atoms with Crippen LogP contribution in [-0.2, 0) is 6.42 Å². The van der Waals surface area contributed by atoms with E-state index in [4.69, 9.17) is 0 Å². The zero-order valence-corrected chi connectivity index (χ0v) is 15.0. The van der Waals surface area contributed by atoms with Crippen molar-refractivity contribution in [3.05, 3.63) is 47.9 Å². The van der Waals surface area contributed by atoms with E-state index >= 15 is 0 Å². The van der Waals surface area contributed by atoms with Gasteiger partial charge in [-0.3, -0.25) is 4.90 Å². The van der Waals surface area contributed by atoms with Crippen LogP contribution in [0.4, 0.5) is 10.2 Å². The Morgan fingerprint density at radius 1 is 1.20 bits per heavy atom. The molecular weight excluding hydrogens is 313 g/mol. The molecule has 4 heteroatoms. The third kappa shape index (κ3) is 3.15. The van der Waals surface area contributed by atoms with Crippen molar-refractivity contribution in [1.82, 2.24) is 9.88 Å². The molecule has 0 saturated carbocycles. The number of aromatic nitrogens is 1. The summed E-state index contributed by atoms with van der Waals surface area (Å²) in [6, 6.07) is 10.3. The number of hydrogen-bond acceptors (Lipinski definition) is 3. The van der Waals surface area contributed by atoms with E-state index < -0.39 is 0 Å². The highest BCUT2D eigenvalue weighted by Gasteiger charge is 2.39. The van der Waals surface area contributed by atoms with Gasteiger partial charge < -0.3 is 5.32 Å². The number of pyridine rings is 1. The third-order valence-corrected chi connectivity index (χ3v) is 6.01. The van der Waals surface area contributed by atoms with Gasteiger partial charge in [-0.25, -0.2) is 9.37 Å². The highest BCUT2D eigenvalue weighted by Crippen LogP contribution is 2.34. The molecule has 2 atom stereocenters. The second-order valence-electron chi connectivity index (χ2n) is 7.38. The van der Waals surface area contributed by atoms with Gasteiger partial charge in [0, 0.05) is 29.4 Å². The van der Waals surface area contributed by atoms with Gasteiger partial charge in [-0.2, -0.15) is 0 Å². The summed E-state index contributed by atoms with van der Waals surface area (Å²) in [5.41, 5.74) is 2.61. The summed E-state index contributed by atoms with van der Waals surface area (Å²) in [4.78, 5) is 7.13. The smallest absolute Gasteiger partial charge is 0.131 e. The average Bonchev–Trinajstić information content (AvgIpc) is 2.66. The lowest BCUT2D eigenvalue weighted by molar-refractivity contribution is 0.0457. The monoisotopic (exact) mass is 339 g/mol. The Hall–Kier alpha value is -1.94. The molecule has 1 aromatic carbocycles. The predicted molar refractivity (Wildman–Crippen MR) is 100 cm³/mol. The van der Waals surface area contributed by atoms with E-state index in [0.29, 0.717) is 17.6 Å². The summed E-state index contributed by atoms with van der Waals surface area (Å²) in [5.74, 6) is 1.44. The molecule has 3 aliphatic rings. The number of benzene rings is 1. The fraction of sp³-hybridized carbons (Fsp3) is 0.476. The second-order valence-corrected chi connectivity index (χ2v) is 7.38. The third-order valence-electron chi connectivity index (χ3n) is 6.01. The van der Waals surface area contributed by atoms with Crippen molar-refractivity contribution in [2.24, 2.45) is 5.92 Å². The first-order valence-corrected chi connectivity index (χ1v) is 9.41. The fourth-order valence-electron chi connectivity index (χ4n) is 4.37. The normalized spacial score (nSPS) is 28.1. The predicted octanol–water partition coefficient (Wildman–Crippen LogP) is 4.34. The maximum Gasteiger partial charge on any atom is 0.131 e. The fourth-order valence-corrected chi connectivity index (χ4v) is 4.37. The Labute approximate surface area is 149 Å². The van der Waals surface area contributed by atoms with E-state index in [1.165, 1.54) is 25.9 Å². The number of piperidine rings is 3. The molecule has 4 heterocycles. The SMILES string of the molecule is CCc1ccc(F)c(-c2ccc(NC3C4CCN(CC4)C3C)nc2)c1. The summed E-state index contributed by atoms with van der Waals surface area (Å²) in [6.07, 6.45) is 5.23. The molecule has 3 nitrogen and oxygen atoms in total. The van der Waals surface area contributed by atoms with E-state index in [0.717, 1.165) is 29.3 Å². The number of fused-ring (bicyclic) bond motifs is 3. The number of aryl methyl sites for hydroxylation is 1. The number of nitrogens with one attached hydrogen (secondary N) is 1. The van der Waals surface area contributed by atoms with Crippen LogP contribution in [0.25, 0.3) is 11.1 Å². The summed E-state index contributed by atoms with van der Waals surface area (Å²) < 4.78 is 14.2. The van der Waals surface area contributed by atoms with E-state index in [9.17, 15) is 4.39 Å². The molecule has 2 aromatic rings. The average molecular weight is 339 g/mol. The van der Waals surface area contributed by atoms with Crippen LogP contribution in [0.1, 0.15) is 32.3 Å². The molecule has 25 heavy (non-hydrogen) atoms. The van der Waals surface area contributed by atoms with Crippen LogP contribution in [-0.4, -0.2) is 35.1 Å². The Balaban J connectivity index is 1.53. The standard InChI is InChI=1S/C21H26FN3/c1-3-15-4-6-19(22)18(12-15)17-5-7-20(23-13-17)24-21-14(2)25-10-8-16(21)9-11-25/h4-7,12-14,16,21H,3,8-11H2,1-2H3,(H,23,24). The Bertz CT molecular complexity index is 733. The summed E-state index contributed by atoms with van der Waals surface area (Å²) in [6.45, 7) is 6.84. The van der Waals surface area contributed by atoms with Crippen molar-refractivity contribution in [2.45, 2.75) is 45.2 Å². The first-order chi connectivity index (χ1) is 12.2. The second kappa shape index (κ2) is 6.75. The zero-order valence-electron chi connectivity index (χ0n) is 15.0. The Kier molecular flexibility index (Phi) is 4.46. The molecule has 3 saturated heterocycles. The van der Waals surface area contributed by atoms with Crippen LogP contribution < -0.4 is 5.32 Å². The van der Waals surface area contributed by atoms with E-state index in [1.807, 2.05) is 24.3 Å². The number of halogens is 1. The summed E-state index contributed by atoms with van der Waals surface area (Å²) >= 11 is 0. The molecule has 3 fully saturated rings. The maximum absolute atomic E-state index is 14.2. The molecule has 0 spiro atoms. The molecule has 132 valence electrons. The van der Waals surface area contributed by atoms with Crippen LogP contribution in [0.15, 0.2) is 36.5 Å². The highest BCUT2D eigenvalue weighted by molar-refractivity contribution is 5.65. The molecule has 5 rings (SSSR count). The highest BCUT2D eigenvalue weighted by atomic mass is 19.1. The van der Waals surface area contributed by atoms with E-state index in [2.05, 4.69) is 29.0 Å². The van der Waals surface area contributed by atoms with Gasteiger partial charge in [-0.1, -0.05) is 13.0 Å². The lowest BCUT2D eigenvalue weighted by atomic mass is 9.79. The van der Waals surface area contributed by atoms with Crippen LogP contribution >= 0.6 is 0 Å². The molecule has 0 aliphatic carbocycles. The lowest BCUT2D eigenvalue weighted by Crippen LogP contribution is -2.59. The van der Waals surface area contributed by atoms with Crippen molar-refractivity contribution in [3.8, 4) is 11.1 Å². The minimum Gasteiger partial charge on any atom is -0.365 e. The van der Waals surface area contributed by atoms with Gasteiger partial charge in [-0.05, 0) is 75.0 Å². The van der Waals surface area contributed by atoms with E-state index in [1.54, 1.807) is 12.3 Å². The van der Waals surface area contributed by atoms with Gasteiger partial charge in [0.2, 0.25) is 0 Å². The molecule has 0 amide bonds. The zero-order chi connectivity index (χ0) is 17.4. The van der Waals surface area contributed by atoms with Gasteiger partial charge in [0.25, 0.3) is 0 Å². The Morgan fingerprint density at radius 2 is 2.00 bits per heavy atom.